The number of halogens is 1. The Morgan fingerprint density at radius 2 is 1.48 bits per heavy atom. The monoisotopic (exact) mass is 887 g/mol. The van der Waals surface area contributed by atoms with Crippen LogP contribution in [0, 0.1) is 23.1 Å². The molecule has 2 aromatic heterocycles. The molecule has 0 spiro atoms. The van der Waals surface area contributed by atoms with E-state index in [0.29, 0.717) is 65.9 Å². The highest BCUT2D eigenvalue weighted by molar-refractivity contribution is 6.09. The maximum absolute atomic E-state index is 16.4. The van der Waals surface area contributed by atoms with Crippen molar-refractivity contribution >= 4 is 46.3 Å². The van der Waals surface area contributed by atoms with Gasteiger partial charge < -0.3 is 33.6 Å². The molecule has 10 rings (SSSR count). The Morgan fingerprint density at radius 1 is 0.800 bits per heavy atom. The number of nitrogens with zero attached hydrogens (tertiary/aromatic N) is 8. The Bertz CT molecular complexity index is 2470. The maximum Gasteiger partial charge on any atom is 0.255 e. The maximum atomic E-state index is 16.4. The molecule has 15 heteroatoms. The number of β-lactam (4-membered cyclic amide) rings is 1. The number of hydrogen-bond donors (Lipinski definition) is 1. The summed E-state index contributed by atoms with van der Waals surface area (Å²) in [6, 6.07) is 12.4. The summed E-state index contributed by atoms with van der Waals surface area (Å²) in [5, 5.41) is 2.39. The van der Waals surface area contributed by atoms with Crippen LogP contribution in [0.15, 0.2) is 61.1 Å². The van der Waals surface area contributed by atoms with Gasteiger partial charge >= 0.3 is 0 Å². The van der Waals surface area contributed by atoms with Crippen molar-refractivity contribution in [3.63, 3.8) is 0 Å². The molecule has 0 saturated carbocycles. The second-order valence-electron chi connectivity index (χ2n) is 19.2. The van der Waals surface area contributed by atoms with Crippen molar-refractivity contribution in [2.75, 3.05) is 87.3 Å². The molecule has 0 unspecified atom stereocenters. The lowest BCUT2D eigenvalue weighted by molar-refractivity contribution is -0.141. The van der Waals surface area contributed by atoms with E-state index in [9.17, 15) is 19.2 Å². The molecule has 0 bridgehead atoms. The molecule has 6 aliphatic heterocycles. The number of hydrogen-bond acceptors (Lipinski definition) is 10. The summed E-state index contributed by atoms with van der Waals surface area (Å²) in [5.74, 6) is 0.807. The third-order valence-corrected chi connectivity index (χ3v) is 15.9. The molecule has 65 heavy (non-hydrogen) atoms. The van der Waals surface area contributed by atoms with Crippen LogP contribution in [-0.4, -0.2) is 126 Å². The fourth-order valence-electron chi connectivity index (χ4n) is 12.0. The Morgan fingerprint density at radius 3 is 2.12 bits per heavy atom. The van der Waals surface area contributed by atoms with Gasteiger partial charge in [-0.25, -0.2) is 9.37 Å². The molecule has 8 heterocycles. The largest absolute Gasteiger partial charge is 0.496 e. The topological polar surface area (TPSA) is 126 Å². The average Bonchev–Trinajstić information content (AvgIpc) is 3.94. The third-order valence-electron chi connectivity index (χ3n) is 15.9. The highest BCUT2D eigenvalue weighted by Gasteiger charge is 2.60. The van der Waals surface area contributed by atoms with Crippen LogP contribution >= 0.6 is 0 Å². The first-order chi connectivity index (χ1) is 31.6. The van der Waals surface area contributed by atoms with Crippen molar-refractivity contribution in [2.24, 2.45) is 17.3 Å². The van der Waals surface area contributed by atoms with E-state index >= 15 is 4.39 Å². The minimum absolute atomic E-state index is 0.0357. The van der Waals surface area contributed by atoms with Crippen molar-refractivity contribution in [3.05, 3.63) is 83.6 Å². The zero-order chi connectivity index (χ0) is 45.0. The van der Waals surface area contributed by atoms with Crippen LogP contribution in [-0.2, 0) is 20.9 Å². The highest BCUT2D eigenvalue weighted by atomic mass is 19.1. The summed E-state index contributed by atoms with van der Waals surface area (Å²) in [7, 11) is 1.64. The predicted molar refractivity (Wildman–Crippen MR) is 247 cm³/mol. The number of nitrogens with one attached hydrogen (secondary N) is 1. The van der Waals surface area contributed by atoms with Gasteiger partial charge in [0.2, 0.25) is 17.7 Å². The minimum atomic E-state index is -0.661. The lowest BCUT2D eigenvalue weighted by Crippen LogP contribution is -2.63. The Hall–Kier alpha value is -5.54. The molecule has 0 aliphatic carbocycles. The quantitative estimate of drug-likeness (QED) is 0.136. The van der Waals surface area contributed by atoms with Crippen LogP contribution < -0.4 is 24.8 Å². The number of ether oxygens (including phenoxy) is 1. The number of methoxy groups -OCH3 is 1. The molecule has 5 fully saturated rings. The number of piperazine rings is 1. The van der Waals surface area contributed by atoms with Gasteiger partial charge in [-0.2, -0.15) is 0 Å². The standard InChI is InChI=1S/C50H62FN9O5/c1-4-50(5-2)45(60(49(50)64)40-7-6-17-58-22-16-52-46(40)58)38-28-39(51)42(29-43(38)65-3)57-20-14-34(15-21-57)31-55-25-23-54(24-26-55)30-33-12-18-56(19-13-33)36-8-9-37-35(27-36)32-59(48(37)63)41-10-11-44(61)53-47(41)62/h6-9,16-17,22,27-29,33-34,41,45H,4-5,10-15,18-21,23-26,30-32H2,1-3H3,(H,53,61,62)/t41-,45-/m0/s1. The van der Waals surface area contributed by atoms with Crippen LogP contribution in [0.4, 0.5) is 21.5 Å². The van der Waals surface area contributed by atoms with Gasteiger partial charge in [-0.3, -0.25) is 29.4 Å². The Balaban J connectivity index is 0.694. The van der Waals surface area contributed by atoms with Crippen molar-refractivity contribution < 1.29 is 28.3 Å². The molecule has 14 nitrogen and oxygen atoms in total. The van der Waals surface area contributed by atoms with Crippen LogP contribution in [0.25, 0.3) is 5.65 Å². The van der Waals surface area contributed by atoms with Gasteiger partial charge in [0, 0.05) is 120 Å². The molecular weight excluding hydrogens is 826 g/mol. The molecule has 4 aromatic rings. The van der Waals surface area contributed by atoms with E-state index in [4.69, 9.17) is 4.74 Å². The first-order valence-electron chi connectivity index (χ1n) is 23.9. The second kappa shape index (κ2) is 17.7. The molecule has 0 radical (unpaired) electrons. The van der Waals surface area contributed by atoms with Crippen LogP contribution in [0.5, 0.6) is 5.75 Å². The van der Waals surface area contributed by atoms with E-state index in [2.05, 4.69) is 36.0 Å². The zero-order valence-electron chi connectivity index (χ0n) is 38.0. The Labute approximate surface area is 380 Å². The van der Waals surface area contributed by atoms with E-state index < -0.39 is 11.5 Å². The normalized spacial score (nSPS) is 23.6. The predicted octanol–water partition coefficient (Wildman–Crippen LogP) is 5.89. The molecule has 2 atom stereocenters. The lowest BCUT2D eigenvalue weighted by Gasteiger charge is -2.56. The number of imide groups is 1. The number of carbonyl (C=O) groups excluding carboxylic acids is 4. The molecular formula is C50H62FN9O5. The number of imidazole rings is 1. The van der Waals surface area contributed by atoms with E-state index in [0.717, 1.165) is 108 Å². The summed E-state index contributed by atoms with van der Waals surface area (Å²) in [6.45, 7) is 14.5. The second-order valence-corrected chi connectivity index (χ2v) is 19.2. The van der Waals surface area contributed by atoms with Crippen LogP contribution in [0.2, 0.25) is 0 Å². The molecule has 2 aromatic carbocycles. The first-order valence-corrected chi connectivity index (χ1v) is 23.9. The van der Waals surface area contributed by atoms with Gasteiger partial charge in [0.25, 0.3) is 5.91 Å². The van der Waals surface area contributed by atoms with Gasteiger partial charge in [0.1, 0.15) is 17.6 Å². The van der Waals surface area contributed by atoms with E-state index in [-0.39, 0.29) is 41.9 Å². The van der Waals surface area contributed by atoms with Gasteiger partial charge in [0.15, 0.2) is 5.65 Å². The van der Waals surface area contributed by atoms with Gasteiger partial charge in [0.05, 0.1) is 29.9 Å². The molecule has 5 saturated heterocycles. The van der Waals surface area contributed by atoms with Crippen molar-refractivity contribution in [3.8, 4) is 5.75 Å². The highest BCUT2D eigenvalue weighted by Crippen LogP contribution is 2.58. The van der Waals surface area contributed by atoms with Crippen LogP contribution in [0.1, 0.15) is 92.7 Å². The summed E-state index contributed by atoms with van der Waals surface area (Å²) in [4.78, 5) is 69.2. The number of carbonyl (C=O) groups is 4. The molecule has 344 valence electrons. The molecule has 6 aliphatic rings. The first kappa shape index (κ1) is 43.4. The summed E-state index contributed by atoms with van der Waals surface area (Å²) < 4.78 is 24.3. The van der Waals surface area contributed by atoms with E-state index in [1.807, 2.05) is 61.0 Å². The van der Waals surface area contributed by atoms with Crippen molar-refractivity contribution in [2.45, 2.75) is 83.8 Å². The molecule has 1 N–H and O–H groups in total. The summed E-state index contributed by atoms with van der Waals surface area (Å²) in [5.41, 5.74) is 4.76. The smallest absolute Gasteiger partial charge is 0.255 e. The fraction of sp³-hybridized carbons (Fsp3) is 0.540. The van der Waals surface area contributed by atoms with E-state index in [1.165, 1.54) is 0 Å². The number of piperidine rings is 3. The zero-order valence-corrected chi connectivity index (χ0v) is 38.0. The summed E-state index contributed by atoms with van der Waals surface area (Å²) >= 11 is 0. The molecule has 4 amide bonds. The van der Waals surface area contributed by atoms with Gasteiger partial charge in [-0.15, -0.1) is 0 Å². The number of anilines is 3. The van der Waals surface area contributed by atoms with Crippen molar-refractivity contribution in [1.29, 1.82) is 0 Å². The van der Waals surface area contributed by atoms with Crippen molar-refractivity contribution in [1.82, 2.24) is 29.4 Å². The number of rotatable bonds is 12. The van der Waals surface area contributed by atoms with E-state index in [1.54, 1.807) is 29.2 Å². The number of amides is 4. The number of fused-ring (bicyclic) bond motifs is 2. The summed E-state index contributed by atoms with van der Waals surface area (Å²) in [6.07, 6.45) is 11.7. The van der Waals surface area contributed by atoms with Gasteiger partial charge in [-0.05, 0) is 98.7 Å². The minimum Gasteiger partial charge on any atom is -0.496 e. The van der Waals surface area contributed by atoms with Gasteiger partial charge in [-0.1, -0.05) is 13.8 Å². The number of benzene rings is 2. The number of pyridine rings is 1. The SMILES string of the molecule is CCC1(CC)C(=O)N(c2cccn3ccnc23)[C@H]1c1cc(F)c(N2CCC(CN3CCN(CC4CCN(c5ccc6c(c5)CN([C@H]5CCC(=O)NC5=O)C6=O)CC4)CC3)CC2)cc1OC. The van der Waals surface area contributed by atoms with Crippen LogP contribution in [0.3, 0.4) is 0 Å². The lowest BCUT2D eigenvalue weighted by atomic mass is 9.64. The fourth-order valence-corrected chi connectivity index (χ4v) is 12.0. The Kier molecular flexibility index (Phi) is 11.8. The third kappa shape index (κ3) is 7.81. The average molecular weight is 888 g/mol. The number of aromatic nitrogens is 2.